The van der Waals surface area contributed by atoms with E-state index < -0.39 is 35.6 Å². The third kappa shape index (κ3) is 6.96. The number of Topliss-reactive ketones (excluding diaryl/α,β-unsaturated/α-hetero) is 1. The molecule has 2 fully saturated rings. The van der Waals surface area contributed by atoms with E-state index in [9.17, 15) is 22.8 Å². The van der Waals surface area contributed by atoms with Crippen molar-refractivity contribution in [2.24, 2.45) is 18.7 Å². The van der Waals surface area contributed by atoms with Crippen LogP contribution in [0.5, 0.6) is 0 Å². The zero-order valence-electron chi connectivity index (χ0n) is 24.7. The third-order valence-corrected chi connectivity index (χ3v) is 7.71. The van der Waals surface area contributed by atoms with E-state index in [0.29, 0.717) is 30.2 Å². The maximum Gasteiger partial charge on any atom is 0.414 e. The number of aryl methyl sites for hydroxylation is 1. The van der Waals surface area contributed by atoms with Crippen LogP contribution in [0.1, 0.15) is 67.4 Å². The van der Waals surface area contributed by atoms with Gasteiger partial charge in [0, 0.05) is 57.6 Å². The van der Waals surface area contributed by atoms with Gasteiger partial charge in [-0.05, 0) is 57.6 Å². The number of carbonyl (C=O) groups is 2. The minimum Gasteiger partial charge on any atom is -0.444 e. The average molecular weight is 607 g/mol. The summed E-state index contributed by atoms with van der Waals surface area (Å²) >= 11 is 0. The van der Waals surface area contributed by atoms with E-state index in [1.807, 2.05) is 6.07 Å². The summed E-state index contributed by atoms with van der Waals surface area (Å²) in [5.41, 5.74) is 7.18. The lowest BCUT2D eigenvalue weighted by Gasteiger charge is -2.38. The second kappa shape index (κ2) is 11.8. The Morgan fingerprint density at radius 1 is 1.16 bits per heavy atom. The number of aromatic nitrogens is 3. The highest BCUT2D eigenvalue weighted by Gasteiger charge is 2.44. The molecule has 0 unspecified atom stereocenters. The Kier molecular flexibility index (Phi) is 8.45. The number of pyridine rings is 1. The number of nitrogens with one attached hydrogen (secondary N) is 1. The van der Waals surface area contributed by atoms with Crippen molar-refractivity contribution in [1.29, 1.82) is 0 Å². The molecule has 2 aliphatic heterocycles. The van der Waals surface area contributed by atoms with Crippen molar-refractivity contribution in [2.45, 2.75) is 70.2 Å². The largest absolute Gasteiger partial charge is 0.444 e. The van der Waals surface area contributed by atoms with E-state index in [2.05, 4.69) is 15.4 Å². The van der Waals surface area contributed by atoms with Gasteiger partial charge in [-0.25, -0.2) is 4.79 Å². The number of fused-ring (bicyclic) bond motifs is 1. The third-order valence-electron chi connectivity index (χ3n) is 7.71. The van der Waals surface area contributed by atoms with Crippen LogP contribution in [0.2, 0.25) is 0 Å². The topological polar surface area (TPSA) is 138 Å². The molecule has 234 valence electrons. The average Bonchev–Trinajstić information content (AvgIpc) is 3.45. The number of amides is 1. The Bertz CT molecular complexity index is 1490. The number of anilines is 2. The molecule has 2 atom stereocenters. The number of hydrogen-bond acceptors (Lipinski definition) is 9. The number of ketones is 1. The molecular formula is C29H37F3N6O5. The van der Waals surface area contributed by atoms with Crippen LogP contribution in [0.15, 0.2) is 22.9 Å². The first-order valence-corrected chi connectivity index (χ1v) is 14.3. The van der Waals surface area contributed by atoms with Crippen LogP contribution in [0.3, 0.4) is 0 Å². The maximum atomic E-state index is 13.9. The predicted octanol–water partition coefficient (Wildman–Crippen LogP) is 4.94. The highest BCUT2D eigenvalue weighted by atomic mass is 19.4. The Morgan fingerprint density at radius 2 is 1.88 bits per heavy atom. The lowest BCUT2D eigenvalue weighted by molar-refractivity contribution is -0.177. The first-order chi connectivity index (χ1) is 20.2. The van der Waals surface area contributed by atoms with Crippen molar-refractivity contribution < 1.29 is 36.7 Å². The van der Waals surface area contributed by atoms with Crippen LogP contribution >= 0.6 is 0 Å². The highest BCUT2D eigenvalue weighted by molar-refractivity contribution is 6.12. The molecule has 0 aliphatic carbocycles. The maximum absolute atomic E-state index is 13.9. The lowest BCUT2D eigenvalue weighted by Crippen LogP contribution is -2.51. The molecule has 43 heavy (non-hydrogen) atoms. The van der Waals surface area contributed by atoms with Crippen LogP contribution in [-0.4, -0.2) is 70.8 Å². The Labute approximate surface area is 246 Å². The molecule has 11 nitrogen and oxygen atoms in total. The van der Waals surface area contributed by atoms with E-state index >= 15 is 0 Å². The van der Waals surface area contributed by atoms with Crippen molar-refractivity contribution in [1.82, 2.24) is 14.8 Å². The summed E-state index contributed by atoms with van der Waals surface area (Å²) in [4.78, 5) is 32.7. The normalized spacial score (nSPS) is 20.4. The van der Waals surface area contributed by atoms with Crippen molar-refractivity contribution in [3.8, 4) is 0 Å². The molecule has 14 heteroatoms. The Balaban J connectivity index is 1.48. The molecule has 0 spiro atoms. The SMILES string of the molecule is Cn1ncc(CC(=O)c2c(NC(=O)OC(C)(C)C)oc3cc(C4CCOCC4)cnc23)c1N1C[C@@H](N)C[C@@H](C(F)(F)F)C1. The van der Waals surface area contributed by atoms with Gasteiger partial charge >= 0.3 is 12.3 Å². The van der Waals surface area contributed by atoms with Crippen LogP contribution in [0, 0.1) is 5.92 Å². The number of nitrogens with two attached hydrogens (primary N) is 1. The van der Waals surface area contributed by atoms with Gasteiger partial charge in [-0.2, -0.15) is 18.3 Å². The number of piperidine rings is 1. The van der Waals surface area contributed by atoms with Crippen molar-refractivity contribution >= 4 is 34.7 Å². The summed E-state index contributed by atoms with van der Waals surface area (Å²) < 4.78 is 59.2. The quantitative estimate of drug-likeness (QED) is 0.374. The van der Waals surface area contributed by atoms with Gasteiger partial charge in [-0.1, -0.05) is 0 Å². The van der Waals surface area contributed by atoms with Crippen LogP contribution in [0.25, 0.3) is 11.1 Å². The van der Waals surface area contributed by atoms with E-state index in [1.165, 1.54) is 15.8 Å². The van der Waals surface area contributed by atoms with E-state index in [0.717, 1.165) is 18.4 Å². The van der Waals surface area contributed by atoms with E-state index in [4.69, 9.17) is 19.6 Å². The number of alkyl halides is 3. The van der Waals surface area contributed by atoms with Crippen molar-refractivity contribution in [2.75, 3.05) is 36.5 Å². The van der Waals surface area contributed by atoms with Gasteiger partial charge in [0.1, 0.15) is 22.5 Å². The van der Waals surface area contributed by atoms with Gasteiger partial charge in [-0.15, -0.1) is 0 Å². The molecule has 0 radical (unpaired) electrons. The lowest BCUT2D eigenvalue weighted by atomic mass is 9.92. The minimum absolute atomic E-state index is 0.0395. The van der Waals surface area contributed by atoms with Gasteiger partial charge in [-0.3, -0.25) is 19.8 Å². The molecule has 1 amide bonds. The molecule has 5 heterocycles. The van der Waals surface area contributed by atoms with Gasteiger partial charge in [0.15, 0.2) is 11.4 Å². The molecule has 3 N–H and O–H groups in total. The van der Waals surface area contributed by atoms with Crippen molar-refractivity contribution in [3.63, 3.8) is 0 Å². The van der Waals surface area contributed by atoms with Gasteiger partial charge < -0.3 is 24.5 Å². The Morgan fingerprint density at radius 3 is 2.56 bits per heavy atom. The summed E-state index contributed by atoms with van der Waals surface area (Å²) in [6.45, 7) is 6.28. The molecule has 3 aromatic heterocycles. The summed E-state index contributed by atoms with van der Waals surface area (Å²) in [6.07, 6.45) is -0.824. The van der Waals surface area contributed by atoms with E-state index in [-0.39, 0.29) is 48.8 Å². The number of ether oxygens (including phenoxy) is 2. The standard InChI is InChI=1S/C29H37F3N6O5/c1-28(2,3)43-27(40)36-25-23(24-22(42-25)10-17(12-34-24)16-5-7-41-8-6-16)21(39)9-18-13-35-37(4)26(18)38-14-19(29(30,31)32)11-20(33)15-38/h10,12-13,16,19-20H,5-9,11,14-15,33H2,1-4H3,(H,36,40)/t19-,20+/m1/s1. The first kappa shape index (κ1) is 30.8. The predicted molar refractivity (Wildman–Crippen MR) is 152 cm³/mol. The van der Waals surface area contributed by atoms with Crippen LogP contribution in [0.4, 0.5) is 29.7 Å². The number of halogens is 3. The fourth-order valence-corrected chi connectivity index (χ4v) is 5.81. The number of nitrogens with zero attached hydrogens (tertiary/aromatic N) is 4. The zero-order valence-corrected chi connectivity index (χ0v) is 24.7. The zero-order chi connectivity index (χ0) is 31.1. The number of furan rings is 1. The number of hydrogen-bond donors (Lipinski definition) is 2. The summed E-state index contributed by atoms with van der Waals surface area (Å²) in [5.74, 6) is -1.59. The molecule has 3 aromatic rings. The molecule has 2 saturated heterocycles. The molecule has 0 bridgehead atoms. The fourth-order valence-electron chi connectivity index (χ4n) is 5.81. The smallest absolute Gasteiger partial charge is 0.414 e. The summed E-state index contributed by atoms with van der Waals surface area (Å²) in [6, 6.07) is 1.12. The van der Waals surface area contributed by atoms with Gasteiger partial charge in [0.25, 0.3) is 0 Å². The molecule has 2 aliphatic rings. The fraction of sp³-hybridized carbons (Fsp3) is 0.586. The second-order valence-corrected chi connectivity index (χ2v) is 12.3. The number of rotatable bonds is 6. The minimum atomic E-state index is -4.40. The molecule has 5 rings (SSSR count). The van der Waals surface area contributed by atoms with Crippen molar-refractivity contribution in [3.05, 3.63) is 35.2 Å². The number of carbonyl (C=O) groups excluding carboxylic acids is 2. The highest BCUT2D eigenvalue weighted by Crippen LogP contribution is 2.37. The van der Waals surface area contributed by atoms with Crippen LogP contribution < -0.4 is 16.0 Å². The molecule has 0 aromatic carbocycles. The summed E-state index contributed by atoms with van der Waals surface area (Å²) in [5, 5.41) is 6.79. The van der Waals surface area contributed by atoms with E-state index in [1.54, 1.807) is 34.0 Å². The summed E-state index contributed by atoms with van der Waals surface area (Å²) in [7, 11) is 1.61. The first-order valence-electron chi connectivity index (χ1n) is 14.3. The monoisotopic (exact) mass is 606 g/mol. The van der Waals surface area contributed by atoms with Crippen LogP contribution in [-0.2, 0) is 22.9 Å². The molecule has 0 saturated carbocycles. The van der Waals surface area contributed by atoms with Gasteiger partial charge in [0.05, 0.1) is 12.1 Å². The Hall–Kier alpha value is -3.65. The molecular weight excluding hydrogens is 569 g/mol. The van der Waals surface area contributed by atoms with Gasteiger partial charge in [0.2, 0.25) is 5.88 Å². The second-order valence-electron chi connectivity index (χ2n) is 12.3.